The Hall–Kier alpha value is -1.53. The van der Waals surface area contributed by atoms with E-state index in [0.29, 0.717) is 0 Å². The summed E-state index contributed by atoms with van der Waals surface area (Å²) in [5.41, 5.74) is 0.681. The molecule has 1 aliphatic heterocycles. The summed E-state index contributed by atoms with van der Waals surface area (Å²) >= 11 is 0. The molecule has 134 valence electrons. The summed E-state index contributed by atoms with van der Waals surface area (Å²) < 4.78 is 0. The van der Waals surface area contributed by atoms with Crippen molar-refractivity contribution in [3.05, 3.63) is 30.3 Å². The molecule has 2 saturated carbocycles. The summed E-state index contributed by atoms with van der Waals surface area (Å²) in [5.74, 6) is 2.00. The Morgan fingerprint density at radius 3 is 2.40 bits per heavy atom. The number of anilines is 1. The number of fused-ring (bicyclic) bond motifs is 1. The normalized spacial score (nSPS) is 32.4. The fourth-order valence-electron chi connectivity index (χ4n) is 5.51. The third-order valence-corrected chi connectivity index (χ3v) is 7.05. The Labute approximate surface area is 152 Å². The predicted octanol–water partition coefficient (Wildman–Crippen LogP) is 4.82. The molecule has 0 amide bonds. The average Bonchev–Trinajstić information content (AvgIpc) is 2.69. The van der Waals surface area contributed by atoms with E-state index in [9.17, 15) is 5.26 Å². The van der Waals surface area contributed by atoms with E-state index >= 15 is 0 Å². The van der Waals surface area contributed by atoms with Gasteiger partial charge in [0.05, 0.1) is 6.07 Å². The molecule has 0 spiro atoms. The Morgan fingerprint density at radius 1 is 0.960 bits per heavy atom. The summed E-state index contributed by atoms with van der Waals surface area (Å²) in [5, 5.41) is 13.3. The molecule has 4 rings (SSSR count). The number of hydrogen-bond donors (Lipinski definition) is 1. The lowest BCUT2D eigenvalue weighted by molar-refractivity contribution is 0.0555. The number of nitriles is 1. The summed E-state index contributed by atoms with van der Waals surface area (Å²) in [6, 6.07) is 13.6. The van der Waals surface area contributed by atoms with Crippen molar-refractivity contribution in [3.8, 4) is 6.07 Å². The zero-order valence-electron chi connectivity index (χ0n) is 15.3. The van der Waals surface area contributed by atoms with Crippen LogP contribution in [0.2, 0.25) is 0 Å². The molecule has 3 unspecified atom stereocenters. The fraction of sp³-hybridized carbons (Fsp3) is 0.682. The van der Waals surface area contributed by atoms with Gasteiger partial charge in [0, 0.05) is 24.8 Å². The van der Waals surface area contributed by atoms with Crippen molar-refractivity contribution in [2.75, 3.05) is 18.4 Å². The van der Waals surface area contributed by atoms with Gasteiger partial charge in [-0.3, -0.25) is 0 Å². The van der Waals surface area contributed by atoms with E-state index in [2.05, 4.69) is 28.4 Å². The highest BCUT2D eigenvalue weighted by atomic mass is 15.2. The van der Waals surface area contributed by atoms with Gasteiger partial charge in [-0.05, 0) is 56.1 Å². The van der Waals surface area contributed by atoms with Crippen molar-refractivity contribution in [2.24, 2.45) is 11.8 Å². The molecule has 1 N–H and O–H groups in total. The molecule has 2 aliphatic carbocycles. The van der Waals surface area contributed by atoms with Crippen LogP contribution in [0.15, 0.2) is 30.3 Å². The first-order valence-electron chi connectivity index (χ1n) is 10.3. The molecule has 1 aromatic carbocycles. The Kier molecular flexibility index (Phi) is 4.99. The van der Waals surface area contributed by atoms with Gasteiger partial charge < -0.3 is 10.2 Å². The molecule has 3 heteroatoms. The summed E-state index contributed by atoms with van der Waals surface area (Å²) in [7, 11) is 0. The second kappa shape index (κ2) is 7.38. The quantitative estimate of drug-likeness (QED) is 0.860. The zero-order chi connectivity index (χ0) is 17.1. The molecule has 1 aromatic rings. The highest BCUT2D eigenvalue weighted by molar-refractivity contribution is 5.47. The second-order valence-electron chi connectivity index (χ2n) is 8.49. The van der Waals surface area contributed by atoms with Gasteiger partial charge in [-0.1, -0.05) is 43.9 Å². The third-order valence-electron chi connectivity index (χ3n) is 7.05. The van der Waals surface area contributed by atoms with E-state index in [4.69, 9.17) is 0 Å². The van der Waals surface area contributed by atoms with Crippen LogP contribution < -0.4 is 5.32 Å². The molecule has 1 heterocycles. The van der Waals surface area contributed by atoms with Gasteiger partial charge >= 0.3 is 0 Å². The van der Waals surface area contributed by atoms with E-state index in [0.717, 1.165) is 49.5 Å². The first kappa shape index (κ1) is 16.9. The number of likely N-dealkylation sites (tertiary alicyclic amines) is 1. The lowest BCUT2D eigenvalue weighted by Crippen LogP contribution is -2.52. The Bertz CT molecular complexity index is 597. The van der Waals surface area contributed by atoms with Gasteiger partial charge in [0.1, 0.15) is 5.54 Å². The number of rotatable bonds is 3. The number of nitrogens with zero attached hydrogens (tertiary/aromatic N) is 2. The van der Waals surface area contributed by atoms with Crippen molar-refractivity contribution in [2.45, 2.75) is 69.4 Å². The minimum atomic E-state index is -0.389. The maximum Gasteiger partial charge on any atom is 0.127 e. The highest BCUT2D eigenvalue weighted by Gasteiger charge is 2.39. The number of piperidine rings is 1. The average molecular weight is 338 g/mol. The standard InChI is InChI=1S/C22H31N3/c23-17-22(24-20-8-2-1-3-9-20)12-14-25(15-13-22)21-11-10-18-6-4-5-7-19(18)16-21/h1-3,8-9,18-19,21,24H,4-7,10-16H2. The van der Waals surface area contributed by atoms with Gasteiger partial charge in [0.25, 0.3) is 0 Å². The van der Waals surface area contributed by atoms with E-state index in [1.54, 1.807) is 0 Å². The van der Waals surface area contributed by atoms with Gasteiger partial charge in [-0.25, -0.2) is 0 Å². The zero-order valence-corrected chi connectivity index (χ0v) is 15.3. The first-order chi connectivity index (χ1) is 12.3. The summed E-state index contributed by atoms with van der Waals surface area (Å²) in [4.78, 5) is 2.70. The number of para-hydroxylation sites is 1. The lowest BCUT2D eigenvalue weighted by atomic mass is 9.69. The summed E-state index contributed by atoms with van der Waals surface area (Å²) in [6.07, 6.45) is 12.0. The first-order valence-corrected chi connectivity index (χ1v) is 10.3. The Morgan fingerprint density at radius 2 is 1.68 bits per heavy atom. The largest absolute Gasteiger partial charge is 0.367 e. The number of hydrogen-bond acceptors (Lipinski definition) is 3. The SMILES string of the molecule is N#CC1(Nc2ccccc2)CCN(C2CCC3CCCCC3C2)CC1. The van der Waals surface area contributed by atoms with Crippen molar-refractivity contribution in [3.63, 3.8) is 0 Å². The minimum absolute atomic E-state index is 0.389. The molecule has 3 fully saturated rings. The van der Waals surface area contributed by atoms with Crippen LogP contribution in [0.3, 0.4) is 0 Å². The maximum atomic E-state index is 9.82. The molecule has 3 nitrogen and oxygen atoms in total. The van der Waals surface area contributed by atoms with Crippen LogP contribution in [0, 0.1) is 23.2 Å². The Balaban J connectivity index is 1.35. The third kappa shape index (κ3) is 3.70. The molecule has 3 atom stereocenters. The fourth-order valence-corrected chi connectivity index (χ4v) is 5.51. The second-order valence-corrected chi connectivity index (χ2v) is 8.49. The highest BCUT2D eigenvalue weighted by Crippen LogP contribution is 2.42. The number of benzene rings is 1. The predicted molar refractivity (Wildman–Crippen MR) is 102 cm³/mol. The van der Waals surface area contributed by atoms with Gasteiger partial charge in [0.2, 0.25) is 0 Å². The number of nitrogens with one attached hydrogen (secondary N) is 1. The molecular weight excluding hydrogens is 306 g/mol. The molecule has 25 heavy (non-hydrogen) atoms. The monoisotopic (exact) mass is 337 g/mol. The van der Waals surface area contributed by atoms with Crippen LogP contribution in [-0.4, -0.2) is 29.6 Å². The molecule has 1 saturated heterocycles. The van der Waals surface area contributed by atoms with Gasteiger partial charge in [-0.2, -0.15) is 5.26 Å². The topological polar surface area (TPSA) is 39.1 Å². The maximum absolute atomic E-state index is 9.82. The van der Waals surface area contributed by atoms with Crippen molar-refractivity contribution in [1.29, 1.82) is 5.26 Å². The van der Waals surface area contributed by atoms with E-state index in [1.807, 2.05) is 18.2 Å². The smallest absolute Gasteiger partial charge is 0.127 e. The lowest BCUT2D eigenvalue weighted by Gasteiger charge is -2.47. The van der Waals surface area contributed by atoms with Crippen LogP contribution in [0.5, 0.6) is 0 Å². The van der Waals surface area contributed by atoms with Crippen LogP contribution >= 0.6 is 0 Å². The van der Waals surface area contributed by atoms with E-state index < -0.39 is 0 Å². The van der Waals surface area contributed by atoms with Crippen LogP contribution in [-0.2, 0) is 0 Å². The molecule has 0 bridgehead atoms. The van der Waals surface area contributed by atoms with Crippen molar-refractivity contribution in [1.82, 2.24) is 4.90 Å². The van der Waals surface area contributed by atoms with Gasteiger partial charge in [-0.15, -0.1) is 0 Å². The van der Waals surface area contributed by atoms with Crippen molar-refractivity contribution < 1.29 is 0 Å². The molecule has 0 radical (unpaired) electrons. The van der Waals surface area contributed by atoms with Crippen LogP contribution in [0.1, 0.15) is 57.8 Å². The van der Waals surface area contributed by atoms with Crippen LogP contribution in [0.25, 0.3) is 0 Å². The van der Waals surface area contributed by atoms with E-state index in [1.165, 1.54) is 44.9 Å². The van der Waals surface area contributed by atoms with E-state index in [-0.39, 0.29) is 5.54 Å². The summed E-state index contributed by atoms with van der Waals surface area (Å²) in [6.45, 7) is 2.13. The molecular formula is C22H31N3. The molecule has 3 aliphatic rings. The van der Waals surface area contributed by atoms with Crippen LogP contribution in [0.4, 0.5) is 5.69 Å². The molecule has 0 aromatic heterocycles. The van der Waals surface area contributed by atoms with Crippen molar-refractivity contribution >= 4 is 5.69 Å². The van der Waals surface area contributed by atoms with Gasteiger partial charge in [0.15, 0.2) is 0 Å². The minimum Gasteiger partial charge on any atom is -0.367 e.